The molecule has 1 aliphatic heterocycles. The Morgan fingerprint density at radius 1 is 1.19 bits per heavy atom. The predicted molar refractivity (Wildman–Crippen MR) is 101 cm³/mol. The monoisotopic (exact) mass is 373 g/mol. The first-order valence-corrected chi connectivity index (χ1v) is 10.5. The van der Waals surface area contributed by atoms with Gasteiger partial charge in [0.1, 0.15) is 6.10 Å². The maximum atomic E-state index is 6.05. The van der Waals surface area contributed by atoms with E-state index in [-0.39, 0.29) is 6.10 Å². The summed E-state index contributed by atoms with van der Waals surface area (Å²) in [5, 5.41) is 12.3. The molecule has 1 N–H and O–H groups in total. The van der Waals surface area contributed by atoms with Crippen LogP contribution in [0.2, 0.25) is 0 Å². The Kier molecular flexibility index (Phi) is 5.88. The Bertz CT molecular complexity index is 720. The molecule has 0 amide bonds. The average Bonchev–Trinajstić information content (AvgIpc) is 3.46. The van der Waals surface area contributed by atoms with Crippen molar-refractivity contribution >= 4 is 0 Å². The number of hydrogen-bond donors (Lipinski definition) is 1. The lowest BCUT2D eigenvalue weighted by Crippen LogP contribution is -2.37. The van der Waals surface area contributed by atoms with E-state index in [4.69, 9.17) is 9.26 Å². The smallest absolute Gasteiger partial charge is 0.229 e. The van der Waals surface area contributed by atoms with Crippen molar-refractivity contribution in [1.29, 1.82) is 0 Å². The molecule has 0 spiro atoms. The Hall–Kier alpha value is -1.73. The van der Waals surface area contributed by atoms with Crippen molar-refractivity contribution in [3.05, 3.63) is 29.7 Å². The lowest BCUT2D eigenvalue weighted by atomic mass is 9.85. The summed E-state index contributed by atoms with van der Waals surface area (Å²) in [6, 6.07) is 2.68. The van der Waals surface area contributed by atoms with Crippen LogP contribution in [0.15, 0.2) is 16.8 Å². The molecule has 0 radical (unpaired) electrons. The van der Waals surface area contributed by atoms with Gasteiger partial charge in [0.05, 0.1) is 5.69 Å². The molecule has 0 bridgehead atoms. The minimum atomic E-state index is 0.169. The summed E-state index contributed by atoms with van der Waals surface area (Å²) in [5.74, 6) is 2.61. The zero-order chi connectivity index (χ0) is 18.6. The zero-order valence-corrected chi connectivity index (χ0v) is 16.4. The molecule has 7 heteroatoms. The van der Waals surface area contributed by atoms with Gasteiger partial charge in [0, 0.05) is 50.2 Å². The second-order valence-corrected chi connectivity index (χ2v) is 7.77. The van der Waals surface area contributed by atoms with Crippen molar-refractivity contribution in [3.8, 4) is 0 Å². The summed E-state index contributed by atoms with van der Waals surface area (Å²) in [4.78, 5) is 4.52. The van der Waals surface area contributed by atoms with Crippen LogP contribution >= 0.6 is 0 Å². The van der Waals surface area contributed by atoms with Crippen LogP contribution in [0, 0.1) is 5.92 Å². The van der Waals surface area contributed by atoms with Crippen LogP contribution in [-0.2, 0) is 17.7 Å². The second kappa shape index (κ2) is 8.52. The first-order chi connectivity index (χ1) is 13.3. The molecule has 3 heterocycles. The fraction of sp³-hybridized carbons (Fsp3) is 0.750. The fourth-order valence-electron chi connectivity index (χ4n) is 4.46. The fourth-order valence-corrected chi connectivity index (χ4v) is 4.46. The number of nitrogens with zero attached hydrogens (tertiary/aromatic N) is 4. The van der Waals surface area contributed by atoms with E-state index in [2.05, 4.69) is 45.2 Å². The molecule has 2 fully saturated rings. The molecule has 2 atom stereocenters. The van der Waals surface area contributed by atoms with Crippen molar-refractivity contribution in [1.82, 2.24) is 25.2 Å². The first kappa shape index (κ1) is 18.6. The highest BCUT2D eigenvalue weighted by Gasteiger charge is 2.33. The number of rotatable bonds is 7. The minimum Gasteiger partial charge on any atom is -0.372 e. The van der Waals surface area contributed by atoms with Crippen molar-refractivity contribution in [2.75, 3.05) is 13.2 Å². The van der Waals surface area contributed by atoms with Gasteiger partial charge in [0.2, 0.25) is 5.89 Å². The van der Waals surface area contributed by atoms with Crippen LogP contribution in [-0.4, -0.2) is 39.1 Å². The van der Waals surface area contributed by atoms with Crippen LogP contribution in [0.3, 0.4) is 0 Å². The number of nitrogens with one attached hydrogen (secondary N) is 1. The second-order valence-electron chi connectivity index (χ2n) is 7.77. The molecule has 1 aliphatic carbocycles. The summed E-state index contributed by atoms with van der Waals surface area (Å²) in [5.41, 5.74) is 1.22. The molecular formula is C20H31N5O2. The van der Waals surface area contributed by atoms with E-state index in [0.29, 0.717) is 17.9 Å². The normalized spacial score (nSPS) is 28.7. The van der Waals surface area contributed by atoms with Gasteiger partial charge in [0.25, 0.3) is 0 Å². The zero-order valence-electron chi connectivity index (χ0n) is 16.4. The van der Waals surface area contributed by atoms with Gasteiger partial charge in [0.15, 0.2) is 5.82 Å². The average molecular weight is 374 g/mol. The number of ether oxygens (including phenoxy) is 1. The highest BCUT2D eigenvalue weighted by atomic mass is 16.5. The lowest BCUT2D eigenvalue weighted by Gasteiger charge is -2.29. The summed E-state index contributed by atoms with van der Waals surface area (Å²) >= 11 is 0. The van der Waals surface area contributed by atoms with Crippen LogP contribution < -0.4 is 5.32 Å². The van der Waals surface area contributed by atoms with Gasteiger partial charge in [-0.1, -0.05) is 12.1 Å². The number of hydrogen-bond acceptors (Lipinski definition) is 6. The van der Waals surface area contributed by atoms with Gasteiger partial charge in [-0.3, -0.25) is 4.68 Å². The number of aryl methyl sites for hydroxylation is 2. The standard InChI is InChI=1S/C20H31N5O2/c1-3-18-23-20(27-24-18)14-5-7-16(8-6-14)21-13-15-10-12-26-19(15)17-9-11-22-25(17)4-2/h9,11,14-16,19,21H,3-8,10,12-13H2,1-2H3/t14?,15-,16?,19+/m0/s1. The molecule has 1 saturated carbocycles. The molecule has 0 unspecified atom stereocenters. The molecular weight excluding hydrogens is 342 g/mol. The lowest BCUT2D eigenvalue weighted by molar-refractivity contribution is 0.0818. The third-order valence-electron chi connectivity index (χ3n) is 6.10. The van der Waals surface area contributed by atoms with E-state index in [0.717, 1.165) is 57.1 Å². The van der Waals surface area contributed by atoms with Gasteiger partial charge >= 0.3 is 0 Å². The third-order valence-corrected chi connectivity index (χ3v) is 6.10. The quantitative estimate of drug-likeness (QED) is 0.803. The van der Waals surface area contributed by atoms with Crippen molar-refractivity contribution in [3.63, 3.8) is 0 Å². The van der Waals surface area contributed by atoms with E-state index >= 15 is 0 Å². The van der Waals surface area contributed by atoms with E-state index in [1.54, 1.807) is 0 Å². The predicted octanol–water partition coefficient (Wildman–Crippen LogP) is 3.24. The summed E-state index contributed by atoms with van der Waals surface area (Å²) in [6.07, 6.45) is 8.58. The summed E-state index contributed by atoms with van der Waals surface area (Å²) in [7, 11) is 0. The van der Waals surface area contributed by atoms with Crippen molar-refractivity contribution < 1.29 is 9.26 Å². The van der Waals surface area contributed by atoms with E-state index in [1.165, 1.54) is 18.5 Å². The van der Waals surface area contributed by atoms with Crippen LogP contribution in [0.1, 0.15) is 75.4 Å². The maximum absolute atomic E-state index is 6.05. The van der Waals surface area contributed by atoms with Gasteiger partial charge in [-0.15, -0.1) is 0 Å². The molecule has 2 aliphatic rings. The van der Waals surface area contributed by atoms with Crippen LogP contribution in [0.5, 0.6) is 0 Å². The summed E-state index contributed by atoms with van der Waals surface area (Å²) < 4.78 is 13.6. The SMILES string of the molecule is CCc1noc(C2CCC(NC[C@@H]3CCO[C@H]3c3ccnn3CC)CC2)n1. The van der Waals surface area contributed by atoms with Gasteiger partial charge in [-0.2, -0.15) is 10.1 Å². The Morgan fingerprint density at radius 2 is 2.04 bits per heavy atom. The molecule has 27 heavy (non-hydrogen) atoms. The first-order valence-electron chi connectivity index (χ1n) is 10.5. The van der Waals surface area contributed by atoms with E-state index in [1.807, 2.05) is 6.20 Å². The molecule has 7 nitrogen and oxygen atoms in total. The van der Waals surface area contributed by atoms with Crippen LogP contribution in [0.25, 0.3) is 0 Å². The van der Waals surface area contributed by atoms with E-state index < -0.39 is 0 Å². The van der Waals surface area contributed by atoms with Gasteiger partial charge < -0.3 is 14.6 Å². The molecule has 0 aromatic carbocycles. The number of aromatic nitrogens is 4. The van der Waals surface area contributed by atoms with Crippen LogP contribution in [0.4, 0.5) is 0 Å². The van der Waals surface area contributed by atoms with Crippen molar-refractivity contribution in [2.24, 2.45) is 5.92 Å². The molecule has 148 valence electrons. The Balaban J connectivity index is 1.27. The highest BCUT2D eigenvalue weighted by molar-refractivity contribution is 5.08. The summed E-state index contributed by atoms with van der Waals surface area (Å²) in [6.45, 7) is 6.93. The maximum Gasteiger partial charge on any atom is 0.229 e. The van der Waals surface area contributed by atoms with Gasteiger partial charge in [-0.25, -0.2) is 0 Å². The highest BCUT2D eigenvalue weighted by Crippen LogP contribution is 2.35. The van der Waals surface area contributed by atoms with Gasteiger partial charge in [-0.05, 0) is 45.1 Å². The third kappa shape index (κ3) is 4.09. The Labute approximate surface area is 160 Å². The molecule has 2 aromatic heterocycles. The minimum absolute atomic E-state index is 0.169. The topological polar surface area (TPSA) is 78.0 Å². The molecule has 2 aromatic rings. The molecule has 1 saturated heterocycles. The van der Waals surface area contributed by atoms with E-state index in [9.17, 15) is 0 Å². The molecule has 4 rings (SSSR count). The Morgan fingerprint density at radius 3 is 2.78 bits per heavy atom. The van der Waals surface area contributed by atoms with Crippen molar-refractivity contribution in [2.45, 2.75) is 77.0 Å². The largest absolute Gasteiger partial charge is 0.372 e.